The van der Waals surface area contributed by atoms with Gasteiger partial charge in [-0.3, -0.25) is 0 Å². The number of aromatic nitrogens is 1. The zero-order chi connectivity index (χ0) is 26.0. The highest BCUT2D eigenvalue weighted by atomic mass is 79.9. The monoisotopic (exact) mass is 561 g/mol. The molecular weight excluding hydrogens is 538 g/mol. The first kappa shape index (κ1) is 22.6. The number of benzene rings is 6. The summed E-state index contributed by atoms with van der Waals surface area (Å²) in [4.78, 5) is 0. The van der Waals surface area contributed by atoms with Crippen molar-refractivity contribution in [2.45, 2.75) is 5.41 Å². The average Bonchev–Trinajstić information content (AvgIpc) is 3.48. The third-order valence-electron chi connectivity index (χ3n) is 8.33. The van der Waals surface area contributed by atoms with Crippen LogP contribution in [0.2, 0.25) is 0 Å². The van der Waals surface area contributed by atoms with Crippen molar-refractivity contribution in [1.29, 1.82) is 0 Å². The van der Waals surface area contributed by atoms with Crippen molar-refractivity contribution in [3.05, 3.63) is 172 Å². The van der Waals surface area contributed by atoms with Crippen LogP contribution in [-0.4, -0.2) is 4.57 Å². The van der Waals surface area contributed by atoms with Gasteiger partial charge in [0.05, 0.1) is 16.4 Å². The largest absolute Gasteiger partial charge is 0.309 e. The van der Waals surface area contributed by atoms with Gasteiger partial charge in [0.2, 0.25) is 0 Å². The fourth-order valence-electron chi connectivity index (χ4n) is 6.81. The molecule has 0 spiro atoms. The van der Waals surface area contributed by atoms with E-state index >= 15 is 0 Å². The van der Waals surface area contributed by atoms with Gasteiger partial charge >= 0.3 is 0 Å². The molecule has 7 aromatic rings. The van der Waals surface area contributed by atoms with E-state index < -0.39 is 5.41 Å². The molecular formula is C37H24BrN. The maximum atomic E-state index is 3.78. The summed E-state index contributed by atoms with van der Waals surface area (Å²) in [6, 6.07) is 53.2. The predicted molar refractivity (Wildman–Crippen MR) is 166 cm³/mol. The third-order valence-corrected chi connectivity index (χ3v) is 8.82. The Morgan fingerprint density at radius 1 is 0.462 bits per heavy atom. The minimum atomic E-state index is -0.439. The Morgan fingerprint density at radius 2 is 1.08 bits per heavy atom. The SMILES string of the molecule is Brc1cccc(C2(c3ccccc3)c3ccccc3-c3ccc(-n4c5ccccc5c5ccccc54)cc32)c1. The number of nitrogens with zero attached hydrogens (tertiary/aromatic N) is 1. The highest BCUT2D eigenvalue weighted by Gasteiger charge is 2.46. The van der Waals surface area contributed by atoms with Gasteiger partial charge in [0.1, 0.15) is 0 Å². The Morgan fingerprint density at radius 3 is 1.82 bits per heavy atom. The highest BCUT2D eigenvalue weighted by molar-refractivity contribution is 9.10. The smallest absolute Gasteiger partial charge is 0.0714 e. The Balaban J connectivity index is 1.51. The lowest BCUT2D eigenvalue weighted by molar-refractivity contribution is 0.767. The number of rotatable bonds is 3. The van der Waals surface area contributed by atoms with Crippen LogP contribution in [0.25, 0.3) is 38.6 Å². The zero-order valence-electron chi connectivity index (χ0n) is 21.2. The molecule has 0 fully saturated rings. The molecule has 0 radical (unpaired) electrons. The second-order valence-electron chi connectivity index (χ2n) is 10.3. The number of hydrogen-bond donors (Lipinski definition) is 0. The summed E-state index contributed by atoms with van der Waals surface area (Å²) in [6.07, 6.45) is 0. The molecule has 0 bridgehead atoms. The third kappa shape index (κ3) is 3.13. The topological polar surface area (TPSA) is 4.93 Å². The van der Waals surface area contributed by atoms with E-state index in [1.807, 2.05) is 0 Å². The molecule has 0 saturated carbocycles. The fraction of sp³-hybridized carbons (Fsp3) is 0.0270. The van der Waals surface area contributed by atoms with E-state index in [1.165, 1.54) is 60.9 Å². The summed E-state index contributed by atoms with van der Waals surface area (Å²) in [5, 5.41) is 2.55. The van der Waals surface area contributed by atoms with Crippen LogP contribution in [-0.2, 0) is 5.41 Å². The van der Waals surface area contributed by atoms with Crippen molar-refractivity contribution in [2.75, 3.05) is 0 Å². The van der Waals surface area contributed by atoms with E-state index in [0.717, 1.165) is 4.47 Å². The van der Waals surface area contributed by atoms with Gasteiger partial charge in [-0.2, -0.15) is 0 Å². The average molecular weight is 563 g/mol. The van der Waals surface area contributed by atoms with Crippen LogP contribution in [0.5, 0.6) is 0 Å². The van der Waals surface area contributed by atoms with Gasteiger partial charge in [-0.15, -0.1) is 0 Å². The van der Waals surface area contributed by atoms with Crippen LogP contribution in [0.4, 0.5) is 0 Å². The lowest BCUT2D eigenvalue weighted by Gasteiger charge is -2.34. The fourth-order valence-corrected chi connectivity index (χ4v) is 7.21. The molecule has 2 heteroatoms. The predicted octanol–water partition coefficient (Wildman–Crippen LogP) is 9.91. The van der Waals surface area contributed by atoms with Crippen molar-refractivity contribution >= 4 is 37.7 Å². The molecule has 6 aromatic carbocycles. The van der Waals surface area contributed by atoms with Gasteiger partial charge in [0.15, 0.2) is 0 Å². The molecule has 1 nitrogen and oxygen atoms in total. The van der Waals surface area contributed by atoms with Gasteiger partial charge in [-0.05, 0) is 69.8 Å². The molecule has 1 aromatic heterocycles. The molecule has 0 saturated heterocycles. The van der Waals surface area contributed by atoms with Crippen LogP contribution < -0.4 is 0 Å². The van der Waals surface area contributed by atoms with E-state index in [-0.39, 0.29) is 0 Å². The van der Waals surface area contributed by atoms with E-state index in [4.69, 9.17) is 0 Å². The summed E-state index contributed by atoms with van der Waals surface area (Å²) in [5.74, 6) is 0. The van der Waals surface area contributed by atoms with Crippen molar-refractivity contribution in [3.63, 3.8) is 0 Å². The Hall–Kier alpha value is -4.40. The van der Waals surface area contributed by atoms with Gasteiger partial charge in [0.25, 0.3) is 0 Å². The van der Waals surface area contributed by atoms with Gasteiger partial charge in [0, 0.05) is 20.9 Å². The number of hydrogen-bond acceptors (Lipinski definition) is 0. The molecule has 0 aliphatic heterocycles. The molecule has 1 aliphatic rings. The Bertz CT molecular complexity index is 1980. The summed E-state index contributed by atoms with van der Waals surface area (Å²) in [5.41, 5.74) is 10.9. The minimum absolute atomic E-state index is 0.439. The van der Waals surface area contributed by atoms with Crippen LogP contribution in [0, 0.1) is 0 Å². The maximum Gasteiger partial charge on any atom is 0.0714 e. The quantitative estimate of drug-likeness (QED) is 0.202. The first-order chi connectivity index (χ1) is 19.3. The van der Waals surface area contributed by atoms with Crippen LogP contribution >= 0.6 is 15.9 Å². The molecule has 8 rings (SSSR count). The van der Waals surface area contributed by atoms with Crippen molar-refractivity contribution in [3.8, 4) is 16.8 Å². The van der Waals surface area contributed by atoms with Gasteiger partial charge in [-0.25, -0.2) is 0 Å². The second kappa shape index (κ2) is 8.56. The highest BCUT2D eigenvalue weighted by Crippen LogP contribution is 2.56. The molecule has 1 aliphatic carbocycles. The summed E-state index contributed by atoms with van der Waals surface area (Å²) in [7, 11) is 0. The molecule has 184 valence electrons. The maximum absolute atomic E-state index is 3.78. The lowest BCUT2D eigenvalue weighted by Crippen LogP contribution is -2.28. The second-order valence-corrected chi connectivity index (χ2v) is 11.2. The first-order valence-corrected chi connectivity index (χ1v) is 14.1. The van der Waals surface area contributed by atoms with Crippen molar-refractivity contribution < 1.29 is 0 Å². The first-order valence-electron chi connectivity index (χ1n) is 13.3. The lowest BCUT2D eigenvalue weighted by atomic mass is 9.67. The molecule has 1 atom stereocenters. The molecule has 1 heterocycles. The van der Waals surface area contributed by atoms with Crippen LogP contribution in [0.1, 0.15) is 22.3 Å². The Labute approximate surface area is 236 Å². The van der Waals surface area contributed by atoms with Crippen molar-refractivity contribution in [2.24, 2.45) is 0 Å². The summed E-state index contributed by atoms with van der Waals surface area (Å²) >= 11 is 3.78. The van der Waals surface area contributed by atoms with E-state index in [9.17, 15) is 0 Å². The minimum Gasteiger partial charge on any atom is -0.309 e. The molecule has 0 N–H and O–H groups in total. The molecule has 39 heavy (non-hydrogen) atoms. The van der Waals surface area contributed by atoms with E-state index in [1.54, 1.807) is 0 Å². The van der Waals surface area contributed by atoms with E-state index in [0.29, 0.717) is 0 Å². The standard InChI is InChI=1S/C37H24BrN/c38-27-14-10-13-26(23-27)37(25-11-2-1-3-12-25)33-18-7-4-15-29(33)30-22-21-28(24-34(30)37)39-35-19-8-5-16-31(35)32-17-6-9-20-36(32)39/h1-24H. The number of halogens is 1. The summed E-state index contributed by atoms with van der Waals surface area (Å²) in [6.45, 7) is 0. The van der Waals surface area contributed by atoms with Gasteiger partial charge in [-0.1, -0.05) is 125 Å². The summed E-state index contributed by atoms with van der Waals surface area (Å²) < 4.78 is 3.50. The van der Waals surface area contributed by atoms with Crippen LogP contribution in [0.15, 0.2) is 150 Å². The normalized spacial score (nSPS) is 15.9. The van der Waals surface area contributed by atoms with Crippen molar-refractivity contribution in [1.82, 2.24) is 4.57 Å². The van der Waals surface area contributed by atoms with Gasteiger partial charge < -0.3 is 4.57 Å². The zero-order valence-corrected chi connectivity index (χ0v) is 22.8. The Kier molecular flexibility index (Phi) is 4.95. The molecule has 1 unspecified atom stereocenters. The van der Waals surface area contributed by atoms with E-state index in [2.05, 4.69) is 166 Å². The number of para-hydroxylation sites is 2. The van der Waals surface area contributed by atoms with Crippen LogP contribution in [0.3, 0.4) is 0 Å². The molecule has 0 amide bonds. The number of fused-ring (bicyclic) bond motifs is 6.